The molecule has 3 heteroatoms. The minimum absolute atomic E-state index is 0.792. The van der Waals surface area contributed by atoms with Crippen molar-refractivity contribution in [2.24, 2.45) is 0 Å². The molecule has 0 radical (unpaired) electrons. The first kappa shape index (κ1) is 12.7. The van der Waals surface area contributed by atoms with E-state index in [0.717, 1.165) is 17.3 Å². The van der Waals surface area contributed by atoms with Crippen LogP contribution in [0.3, 0.4) is 0 Å². The quantitative estimate of drug-likeness (QED) is 0.773. The third-order valence-corrected chi connectivity index (χ3v) is 3.52. The largest absolute Gasteiger partial charge is 0.381 e. The first-order valence-corrected chi connectivity index (χ1v) is 6.85. The number of halogens is 2. The van der Waals surface area contributed by atoms with Crippen molar-refractivity contribution in [3.05, 3.63) is 62.2 Å². The van der Waals surface area contributed by atoms with Crippen LogP contribution in [0.1, 0.15) is 11.1 Å². The Labute approximate surface area is 120 Å². The third kappa shape index (κ3) is 3.61. The van der Waals surface area contributed by atoms with Crippen molar-refractivity contribution in [2.45, 2.75) is 13.5 Å². The van der Waals surface area contributed by atoms with Gasteiger partial charge in [-0.2, -0.15) is 0 Å². The Morgan fingerprint density at radius 2 is 2.00 bits per heavy atom. The number of aryl methyl sites for hydroxylation is 1. The van der Waals surface area contributed by atoms with Crippen LogP contribution in [0.15, 0.2) is 42.5 Å². The number of hydrogen-bond acceptors (Lipinski definition) is 1. The van der Waals surface area contributed by atoms with Crippen LogP contribution in [0.2, 0.25) is 5.02 Å². The molecule has 2 rings (SSSR count). The van der Waals surface area contributed by atoms with E-state index in [9.17, 15) is 0 Å². The normalized spacial score (nSPS) is 10.3. The summed E-state index contributed by atoms with van der Waals surface area (Å²) in [6.45, 7) is 2.90. The van der Waals surface area contributed by atoms with Gasteiger partial charge in [0.05, 0.1) is 0 Å². The molecule has 0 heterocycles. The number of nitrogens with one attached hydrogen (secondary N) is 1. The van der Waals surface area contributed by atoms with Gasteiger partial charge in [0.2, 0.25) is 0 Å². The zero-order valence-corrected chi connectivity index (χ0v) is 12.4. The van der Waals surface area contributed by atoms with Gasteiger partial charge in [0.15, 0.2) is 0 Å². The van der Waals surface area contributed by atoms with E-state index in [2.05, 4.69) is 65.2 Å². The minimum Gasteiger partial charge on any atom is -0.381 e. The Balaban J connectivity index is 2.07. The summed E-state index contributed by atoms with van der Waals surface area (Å²) in [5.41, 5.74) is 3.63. The highest BCUT2D eigenvalue weighted by atomic mass is 127. The topological polar surface area (TPSA) is 12.0 Å². The first-order valence-electron chi connectivity index (χ1n) is 5.39. The van der Waals surface area contributed by atoms with Gasteiger partial charge >= 0.3 is 0 Å². The van der Waals surface area contributed by atoms with Gasteiger partial charge in [0.25, 0.3) is 0 Å². The van der Waals surface area contributed by atoms with Crippen LogP contribution < -0.4 is 5.32 Å². The second kappa shape index (κ2) is 5.74. The van der Waals surface area contributed by atoms with E-state index in [1.54, 1.807) is 0 Å². The van der Waals surface area contributed by atoms with Crippen LogP contribution >= 0.6 is 34.2 Å². The minimum atomic E-state index is 0.792. The molecule has 2 aromatic carbocycles. The van der Waals surface area contributed by atoms with Gasteiger partial charge in [-0.05, 0) is 71.0 Å². The maximum atomic E-state index is 5.93. The summed E-state index contributed by atoms with van der Waals surface area (Å²) in [6, 6.07) is 14.3. The smallest absolute Gasteiger partial charge is 0.0408 e. The van der Waals surface area contributed by atoms with Crippen molar-refractivity contribution in [1.29, 1.82) is 0 Å². The highest BCUT2D eigenvalue weighted by Crippen LogP contribution is 2.18. The predicted octanol–water partition coefficient (Wildman–Crippen LogP) is 4.87. The van der Waals surface area contributed by atoms with Crippen molar-refractivity contribution in [3.63, 3.8) is 0 Å². The summed E-state index contributed by atoms with van der Waals surface area (Å²) in [5, 5.41) is 4.21. The summed E-state index contributed by atoms with van der Waals surface area (Å²) in [6.07, 6.45) is 0. The number of hydrogen-bond donors (Lipinski definition) is 1. The molecular formula is C14H13ClIN. The lowest BCUT2D eigenvalue weighted by molar-refractivity contribution is 1.12. The van der Waals surface area contributed by atoms with Crippen LogP contribution in [-0.2, 0) is 6.54 Å². The average molecular weight is 358 g/mol. The standard InChI is InChI=1S/C14H13ClIN/c1-10-7-12(15)6-5-11(10)9-17-14-4-2-3-13(16)8-14/h2-8,17H,9H2,1H3. The van der Waals surface area contributed by atoms with Crippen LogP contribution in [0.5, 0.6) is 0 Å². The van der Waals surface area contributed by atoms with E-state index in [0.29, 0.717) is 0 Å². The van der Waals surface area contributed by atoms with Crippen molar-refractivity contribution >= 4 is 39.9 Å². The second-order valence-electron chi connectivity index (χ2n) is 3.93. The molecule has 0 aliphatic rings. The van der Waals surface area contributed by atoms with Gasteiger partial charge in [-0.3, -0.25) is 0 Å². The molecule has 88 valence electrons. The van der Waals surface area contributed by atoms with Gasteiger partial charge in [0, 0.05) is 20.8 Å². The zero-order chi connectivity index (χ0) is 12.3. The SMILES string of the molecule is Cc1cc(Cl)ccc1CNc1cccc(I)c1. The van der Waals surface area contributed by atoms with E-state index < -0.39 is 0 Å². The molecular weight excluding hydrogens is 345 g/mol. The molecule has 0 amide bonds. The lowest BCUT2D eigenvalue weighted by Crippen LogP contribution is -2.01. The highest BCUT2D eigenvalue weighted by molar-refractivity contribution is 14.1. The third-order valence-electron chi connectivity index (χ3n) is 2.61. The van der Waals surface area contributed by atoms with Gasteiger partial charge in [-0.25, -0.2) is 0 Å². The summed E-state index contributed by atoms with van der Waals surface area (Å²) in [5.74, 6) is 0. The molecule has 1 nitrogen and oxygen atoms in total. The molecule has 0 spiro atoms. The summed E-state index contributed by atoms with van der Waals surface area (Å²) < 4.78 is 1.24. The zero-order valence-electron chi connectivity index (χ0n) is 9.50. The summed E-state index contributed by atoms with van der Waals surface area (Å²) in [4.78, 5) is 0. The molecule has 2 aromatic rings. The molecule has 0 aliphatic heterocycles. The Kier molecular flexibility index (Phi) is 4.29. The average Bonchev–Trinajstić information content (AvgIpc) is 2.28. The fourth-order valence-corrected chi connectivity index (χ4v) is 2.42. The number of benzene rings is 2. The van der Waals surface area contributed by atoms with Gasteiger partial charge < -0.3 is 5.32 Å². The monoisotopic (exact) mass is 357 g/mol. The van der Waals surface area contributed by atoms with Crippen molar-refractivity contribution in [1.82, 2.24) is 0 Å². The molecule has 0 aliphatic carbocycles. The van der Waals surface area contributed by atoms with Crippen LogP contribution in [0, 0.1) is 10.5 Å². The molecule has 1 N–H and O–H groups in total. The Hall–Kier alpha value is -0.740. The molecule has 0 aromatic heterocycles. The molecule has 17 heavy (non-hydrogen) atoms. The van der Waals surface area contributed by atoms with Gasteiger partial charge in [-0.1, -0.05) is 23.7 Å². The van der Waals surface area contributed by atoms with Crippen molar-refractivity contribution < 1.29 is 0 Å². The van der Waals surface area contributed by atoms with E-state index >= 15 is 0 Å². The summed E-state index contributed by atoms with van der Waals surface area (Å²) in [7, 11) is 0. The fourth-order valence-electron chi connectivity index (χ4n) is 1.65. The van der Waals surface area contributed by atoms with E-state index in [-0.39, 0.29) is 0 Å². The second-order valence-corrected chi connectivity index (χ2v) is 5.62. The fraction of sp³-hybridized carbons (Fsp3) is 0.143. The van der Waals surface area contributed by atoms with Crippen LogP contribution in [0.25, 0.3) is 0 Å². The molecule has 0 bridgehead atoms. The predicted molar refractivity (Wildman–Crippen MR) is 82.7 cm³/mol. The van der Waals surface area contributed by atoms with E-state index in [1.807, 2.05) is 12.1 Å². The lowest BCUT2D eigenvalue weighted by Gasteiger charge is -2.09. The number of rotatable bonds is 3. The highest BCUT2D eigenvalue weighted by Gasteiger charge is 1.99. The summed E-state index contributed by atoms with van der Waals surface area (Å²) >= 11 is 8.25. The Bertz CT molecular complexity index is 525. The number of anilines is 1. The molecule has 0 fully saturated rings. The van der Waals surface area contributed by atoms with Crippen molar-refractivity contribution in [3.8, 4) is 0 Å². The van der Waals surface area contributed by atoms with Crippen LogP contribution in [-0.4, -0.2) is 0 Å². The maximum absolute atomic E-state index is 5.93. The van der Waals surface area contributed by atoms with Crippen molar-refractivity contribution in [2.75, 3.05) is 5.32 Å². The molecule has 0 saturated heterocycles. The Morgan fingerprint density at radius 1 is 1.18 bits per heavy atom. The lowest BCUT2D eigenvalue weighted by atomic mass is 10.1. The van der Waals surface area contributed by atoms with Crippen LogP contribution in [0.4, 0.5) is 5.69 Å². The van der Waals surface area contributed by atoms with E-state index in [4.69, 9.17) is 11.6 Å². The Morgan fingerprint density at radius 3 is 2.71 bits per heavy atom. The maximum Gasteiger partial charge on any atom is 0.0408 e. The first-order chi connectivity index (χ1) is 8.15. The molecule has 0 saturated carbocycles. The molecule has 0 atom stereocenters. The van der Waals surface area contributed by atoms with E-state index in [1.165, 1.54) is 14.7 Å². The van der Waals surface area contributed by atoms with Gasteiger partial charge in [0.1, 0.15) is 0 Å². The van der Waals surface area contributed by atoms with Gasteiger partial charge in [-0.15, -0.1) is 0 Å². The molecule has 0 unspecified atom stereocenters.